The van der Waals surface area contributed by atoms with E-state index >= 15 is 0 Å². The highest BCUT2D eigenvalue weighted by Gasteiger charge is 2.38. The number of rotatable bonds is 6. The maximum absolute atomic E-state index is 13.4. The Morgan fingerprint density at radius 1 is 0.974 bits per heavy atom. The normalized spacial score (nSPS) is 18.9. The summed E-state index contributed by atoms with van der Waals surface area (Å²) in [5.41, 5.74) is 2.45. The minimum absolute atomic E-state index is 0.0478. The van der Waals surface area contributed by atoms with E-state index in [1.165, 1.54) is 23.1 Å². The average molecular weight is 526 g/mol. The molecule has 0 saturated carbocycles. The smallest absolute Gasteiger partial charge is 0.321 e. The number of carbonyl (C=O) groups is 2. The van der Waals surface area contributed by atoms with Gasteiger partial charge in [0.2, 0.25) is 5.91 Å². The van der Waals surface area contributed by atoms with Crippen LogP contribution in [-0.4, -0.2) is 64.0 Å². The summed E-state index contributed by atoms with van der Waals surface area (Å²) in [6.07, 6.45) is 7.41. The quantitative estimate of drug-likeness (QED) is 0.344. The lowest BCUT2D eigenvalue weighted by Crippen LogP contribution is -2.52. The van der Waals surface area contributed by atoms with Gasteiger partial charge in [0.25, 0.3) is 0 Å². The molecule has 1 aromatic heterocycles. The van der Waals surface area contributed by atoms with Crippen LogP contribution >= 0.6 is 0 Å². The Kier molecular flexibility index (Phi) is 7.56. The topological polar surface area (TPSA) is 76.6 Å². The summed E-state index contributed by atoms with van der Waals surface area (Å²) in [6, 6.07) is 9.27. The van der Waals surface area contributed by atoms with Crippen molar-refractivity contribution < 1.29 is 27.9 Å². The fourth-order valence-electron chi connectivity index (χ4n) is 5.96. The van der Waals surface area contributed by atoms with E-state index in [1.807, 2.05) is 12.1 Å². The van der Waals surface area contributed by atoms with Crippen LogP contribution in [0, 0.1) is 23.4 Å². The van der Waals surface area contributed by atoms with Crippen LogP contribution in [0.15, 0.2) is 48.7 Å². The highest BCUT2D eigenvalue weighted by atomic mass is 19.2. The summed E-state index contributed by atoms with van der Waals surface area (Å²) in [5.74, 6) is -5.05. The number of halogens is 3. The summed E-state index contributed by atoms with van der Waals surface area (Å²) < 4.78 is 40.0. The Labute approximate surface area is 218 Å². The van der Waals surface area contributed by atoms with Gasteiger partial charge in [-0.1, -0.05) is 18.2 Å². The number of piperidine rings is 2. The molecule has 6 nitrogen and oxygen atoms in total. The first-order valence-corrected chi connectivity index (χ1v) is 13.0. The lowest BCUT2D eigenvalue weighted by molar-refractivity contribution is -0.147. The molecule has 3 heterocycles. The number of nitrogens with zero attached hydrogens (tertiary/aromatic N) is 2. The van der Waals surface area contributed by atoms with Crippen molar-refractivity contribution in [3.05, 3.63) is 77.2 Å². The number of amides is 1. The van der Waals surface area contributed by atoms with E-state index in [0.717, 1.165) is 30.5 Å². The molecule has 0 unspecified atom stereocenters. The number of carboxylic acid groups (broad SMARTS) is 1. The lowest BCUT2D eigenvalue weighted by Gasteiger charge is -2.41. The molecule has 0 radical (unpaired) electrons. The van der Waals surface area contributed by atoms with Crippen molar-refractivity contribution in [3.8, 4) is 0 Å². The van der Waals surface area contributed by atoms with Gasteiger partial charge in [-0.2, -0.15) is 0 Å². The molecule has 200 valence electrons. The Morgan fingerprint density at radius 3 is 2.29 bits per heavy atom. The number of H-pyrrole nitrogens is 1. The molecule has 3 aromatic rings. The van der Waals surface area contributed by atoms with Crippen LogP contribution in [0.25, 0.3) is 17.0 Å². The zero-order valence-corrected chi connectivity index (χ0v) is 20.9. The summed E-state index contributed by atoms with van der Waals surface area (Å²) in [5, 5.41) is 11.3. The number of hydrogen-bond acceptors (Lipinski definition) is 3. The molecule has 2 fully saturated rings. The predicted molar refractivity (Wildman–Crippen MR) is 138 cm³/mol. The van der Waals surface area contributed by atoms with Gasteiger partial charge in [0.05, 0.1) is 0 Å². The van der Waals surface area contributed by atoms with E-state index in [1.54, 1.807) is 4.90 Å². The Morgan fingerprint density at radius 2 is 1.63 bits per heavy atom. The van der Waals surface area contributed by atoms with Crippen LogP contribution < -0.4 is 0 Å². The van der Waals surface area contributed by atoms with E-state index < -0.39 is 29.5 Å². The van der Waals surface area contributed by atoms with Gasteiger partial charge in [-0.15, -0.1) is 0 Å². The molecular weight excluding hydrogens is 495 g/mol. The summed E-state index contributed by atoms with van der Waals surface area (Å²) in [6.45, 7) is 2.20. The molecule has 0 spiro atoms. The van der Waals surface area contributed by atoms with Crippen molar-refractivity contribution in [2.75, 3.05) is 26.2 Å². The van der Waals surface area contributed by atoms with Crippen LogP contribution in [0.5, 0.6) is 0 Å². The van der Waals surface area contributed by atoms with E-state index in [4.69, 9.17) is 0 Å². The van der Waals surface area contributed by atoms with Gasteiger partial charge in [0.1, 0.15) is 6.04 Å². The Balaban J connectivity index is 1.17. The van der Waals surface area contributed by atoms with Crippen LogP contribution in [0.2, 0.25) is 0 Å². The predicted octanol–water partition coefficient (Wildman–Crippen LogP) is 5.17. The number of benzene rings is 2. The van der Waals surface area contributed by atoms with Gasteiger partial charge >= 0.3 is 5.97 Å². The molecule has 5 rings (SSSR count). The van der Waals surface area contributed by atoms with E-state index in [9.17, 15) is 27.9 Å². The molecule has 1 atom stereocenters. The summed E-state index contributed by atoms with van der Waals surface area (Å²) in [4.78, 5) is 31.9. The highest BCUT2D eigenvalue weighted by Crippen LogP contribution is 2.35. The number of hydrogen-bond donors (Lipinski definition) is 2. The fourth-order valence-corrected chi connectivity index (χ4v) is 5.96. The van der Waals surface area contributed by atoms with Crippen LogP contribution in [0.1, 0.15) is 42.7 Å². The van der Waals surface area contributed by atoms with Crippen LogP contribution in [0.4, 0.5) is 13.2 Å². The van der Waals surface area contributed by atoms with Crippen molar-refractivity contribution in [2.24, 2.45) is 5.92 Å². The number of fused-ring (bicyclic) bond motifs is 1. The van der Waals surface area contributed by atoms with E-state index in [-0.39, 0.29) is 17.4 Å². The first kappa shape index (κ1) is 26.0. The molecule has 38 heavy (non-hydrogen) atoms. The first-order valence-electron chi connectivity index (χ1n) is 13.0. The zero-order valence-electron chi connectivity index (χ0n) is 20.9. The van der Waals surface area contributed by atoms with Crippen LogP contribution in [-0.2, 0) is 9.59 Å². The minimum atomic E-state index is -1.55. The lowest BCUT2D eigenvalue weighted by atomic mass is 9.84. The molecule has 1 amide bonds. The second-order valence-electron chi connectivity index (χ2n) is 10.2. The second-order valence-corrected chi connectivity index (χ2v) is 10.2. The third-order valence-electron chi connectivity index (χ3n) is 7.96. The third-order valence-corrected chi connectivity index (χ3v) is 7.96. The van der Waals surface area contributed by atoms with Crippen molar-refractivity contribution in [3.63, 3.8) is 0 Å². The van der Waals surface area contributed by atoms with Gasteiger partial charge in [-0.05, 0) is 86.0 Å². The molecular formula is C29H30F3N3O3. The van der Waals surface area contributed by atoms with Crippen molar-refractivity contribution in [2.45, 2.75) is 37.6 Å². The van der Waals surface area contributed by atoms with Gasteiger partial charge in [-0.25, -0.2) is 13.2 Å². The number of aliphatic carboxylic acids is 1. The maximum atomic E-state index is 13.4. The number of para-hydroxylation sites is 1. The number of aromatic amines is 1. The molecule has 0 aliphatic carbocycles. The largest absolute Gasteiger partial charge is 0.480 e. The van der Waals surface area contributed by atoms with E-state index in [2.05, 4.69) is 28.2 Å². The number of likely N-dealkylation sites (tertiary alicyclic amines) is 2. The van der Waals surface area contributed by atoms with Gasteiger partial charge in [0, 0.05) is 36.3 Å². The fraction of sp³-hybridized carbons (Fsp3) is 0.379. The molecule has 2 aromatic carbocycles. The summed E-state index contributed by atoms with van der Waals surface area (Å²) in [7, 11) is 0. The number of aromatic nitrogens is 1. The number of carbonyl (C=O) groups excluding carboxylic acids is 1. The van der Waals surface area contributed by atoms with Crippen molar-refractivity contribution >= 4 is 28.9 Å². The standard InChI is InChI=1S/C29H30F3N3O3/c30-23-15-18(16-24(31)27(23)32)5-6-26(36)34-11-9-20(10-12-34)28(29(37)38)35-13-7-19(8-14-35)22-17-33-25-4-2-1-3-21(22)25/h1-6,15-17,19-20,28,33H,7-14H2,(H,37,38)/t28-/m1/s1. The van der Waals surface area contributed by atoms with E-state index in [0.29, 0.717) is 44.9 Å². The monoisotopic (exact) mass is 525 g/mol. The maximum Gasteiger partial charge on any atom is 0.321 e. The van der Waals surface area contributed by atoms with Gasteiger partial charge in [0.15, 0.2) is 17.5 Å². The average Bonchev–Trinajstić information content (AvgIpc) is 3.35. The molecule has 0 bridgehead atoms. The van der Waals surface area contributed by atoms with Gasteiger partial charge < -0.3 is 15.0 Å². The summed E-state index contributed by atoms with van der Waals surface area (Å²) >= 11 is 0. The number of carboxylic acids is 1. The molecule has 2 saturated heterocycles. The third kappa shape index (κ3) is 5.34. The zero-order chi connectivity index (χ0) is 26.8. The highest BCUT2D eigenvalue weighted by molar-refractivity contribution is 5.91. The first-order chi connectivity index (χ1) is 18.3. The molecule has 2 N–H and O–H groups in total. The molecule has 2 aliphatic rings. The van der Waals surface area contributed by atoms with Crippen LogP contribution in [0.3, 0.4) is 0 Å². The van der Waals surface area contributed by atoms with Crippen molar-refractivity contribution in [1.82, 2.24) is 14.8 Å². The Bertz CT molecular complexity index is 1330. The molecule has 9 heteroatoms. The SMILES string of the molecule is O=C(O)[C@@H](C1CCN(C(=O)C=Cc2cc(F)c(F)c(F)c2)CC1)N1CCC(c2c[nH]c3ccccc23)CC1. The number of nitrogens with one attached hydrogen (secondary N) is 1. The van der Waals surface area contributed by atoms with Gasteiger partial charge in [-0.3, -0.25) is 14.5 Å². The van der Waals surface area contributed by atoms with Crippen molar-refractivity contribution in [1.29, 1.82) is 0 Å². The molecule has 2 aliphatic heterocycles. The Hall–Kier alpha value is -3.59. The minimum Gasteiger partial charge on any atom is -0.480 e. The second kappa shape index (κ2) is 11.0.